The molecule has 0 saturated heterocycles. The molecular weight excluding hydrogens is 176 g/mol. The van der Waals surface area contributed by atoms with Gasteiger partial charge in [0.15, 0.2) is 0 Å². The quantitative estimate of drug-likeness (QED) is 0.523. The largest absolute Gasteiger partial charge is 0.329 e. The Morgan fingerprint density at radius 3 is 1.50 bits per heavy atom. The Morgan fingerprint density at radius 2 is 1.21 bits per heavy atom. The third-order valence-electron chi connectivity index (χ3n) is 1.63. The van der Waals surface area contributed by atoms with Crippen LogP contribution in [0.5, 0.6) is 0 Å². The average Bonchev–Trinajstić information content (AvgIpc) is 2.29. The standard InChI is InChI=1S/C8H12N2.C2H8N2/c9-5-7-2-1-3-8(4-7)6-10;3-1-2-4/h1-4H,5-6,9-10H2;1-4H2. The number of rotatable bonds is 3. The minimum atomic E-state index is 0.591. The zero-order valence-corrected chi connectivity index (χ0v) is 8.45. The van der Waals surface area contributed by atoms with Crippen molar-refractivity contribution < 1.29 is 0 Å². The van der Waals surface area contributed by atoms with Gasteiger partial charge in [-0.3, -0.25) is 0 Å². The Kier molecular flexibility index (Phi) is 8.07. The zero-order valence-electron chi connectivity index (χ0n) is 8.45. The van der Waals surface area contributed by atoms with Crippen molar-refractivity contribution in [2.75, 3.05) is 13.1 Å². The van der Waals surface area contributed by atoms with Crippen molar-refractivity contribution in [3.05, 3.63) is 35.4 Å². The van der Waals surface area contributed by atoms with E-state index in [0.29, 0.717) is 26.2 Å². The lowest BCUT2D eigenvalue weighted by Gasteiger charge is -1.98. The Hall–Kier alpha value is -0.940. The first-order chi connectivity index (χ1) is 6.78. The highest BCUT2D eigenvalue weighted by molar-refractivity contribution is 5.22. The lowest BCUT2D eigenvalue weighted by atomic mass is 10.1. The summed E-state index contributed by atoms with van der Waals surface area (Å²) in [7, 11) is 0. The second-order valence-corrected chi connectivity index (χ2v) is 2.81. The summed E-state index contributed by atoms with van der Waals surface area (Å²) in [5.41, 5.74) is 23.0. The molecule has 0 unspecified atom stereocenters. The second-order valence-electron chi connectivity index (χ2n) is 2.81. The summed E-state index contributed by atoms with van der Waals surface area (Å²) >= 11 is 0. The first-order valence-electron chi connectivity index (χ1n) is 4.66. The van der Waals surface area contributed by atoms with Gasteiger partial charge in [0.2, 0.25) is 0 Å². The predicted octanol–water partition coefficient (Wildman–Crippen LogP) is -0.492. The first kappa shape index (κ1) is 13.1. The lowest BCUT2D eigenvalue weighted by Crippen LogP contribution is -2.11. The van der Waals surface area contributed by atoms with Gasteiger partial charge in [-0.2, -0.15) is 0 Å². The van der Waals surface area contributed by atoms with E-state index in [1.807, 2.05) is 24.3 Å². The van der Waals surface area contributed by atoms with Crippen molar-refractivity contribution in [3.8, 4) is 0 Å². The fourth-order valence-electron chi connectivity index (χ4n) is 0.884. The van der Waals surface area contributed by atoms with Crippen LogP contribution in [0, 0.1) is 0 Å². The van der Waals surface area contributed by atoms with E-state index in [1.54, 1.807) is 0 Å². The van der Waals surface area contributed by atoms with Crippen LogP contribution in [0.4, 0.5) is 0 Å². The molecule has 1 aromatic carbocycles. The zero-order chi connectivity index (χ0) is 10.8. The van der Waals surface area contributed by atoms with Crippen molar-refractivity contribution in [2.24, 2.45) is 22.9 Å². The molecule has 0 aromatic heterocycles. The number of nitrogens with two attached hydrogens (primary N) is 4. The van der Waals surface area contributed by atoms with Crippen LogP contribution in [0.25, 0.3) is 0 Å². The van der Waals surface area contributed by atoms with Gasteiger partial charge in [-0.1, -0.05) is 24.3 Å². The van der Waals surface area contributed by atoms with E-state index in [2.05, 4.69) is 0 Å². The van der Waals surface area contributed by atoms with Crippen LogP contribution in [-0.2, 0) is 13.1 Å². The van der Waals surface area contributed by atoms with Crippen molar-refractivity contribution in [2.45, 2.75) is 13.1 Å². The molecule has 0 aliphatic heterocycles. The predicted molar refractivity (Wildman–Crippen MR) is 60.3 cm³/mol. The van der Waals surface area contributed by atoms with E-state index >= 15 is 0 Å². The summed E-state index contributed by atoms with van der Waals surface area (Å²) in [5, 5.41) is 0. The number of hydrogen-bond acceptors (Lipinski definition) is 4. The second kappa shape index (κ2) is 8.65. The number of benzene rings is 1. The first-order valence-corrected chi connectivity index (χ1v) is 4.66. The van der Waals surface area contributed by atoms with Gasteiger partial charge >= 0.3 is 0 Å². The number of hydrogen-bond donors (Lipinski definition) is 4. The smallest absolute Gasteiger partial charge is 0.0178 e. The fraction of sp³-hybridized carbons (Fsp3) is 0.400. The average molecular weight is 196 g/mol. The summed E-state index contributed by atoms with van der Waals surface area (Å²) in [4.78, 5) is 0. The van der Waals surface area contributed by atoms with Crippen molar-refractivity contribution >= 4 is 0 Å². The molecule has 0 saturated carbocycles. The highest BCUT2D eigenvalue weighted by Crippen LogP contribution is 2.02. The molecule has 0 atom stereocenters. The van der Waals surface area contributed by atoms with Crippen LogP contribution in [0.2, 0.25) is 0 Å². The van der Waals surface area contributed by atoms with Crippen LogP contribution in [-0.4, -0.2) is 13.1 Å². The molecule has 0 radical (unpaired) electrons. The fourth-order valence-corrected chi connectivity index (χ4v) is 0.884. The molecule has 1 rings (SSSR count). The van der Waals surface area contributed by atoms with Crippen molar-refractivity contribution in [1.29, 1.82) is 0 Å². The molecule has 80 valence electrons. The van der Waals surface area contributed by atoms with E-state index in [1.165, 1.54) is 0 Å². The van der Waals surface area contributed by atoms with Crippen LogP contribution >= 0.6 is 0 Å². The van der Waals surface area contributed by atoms with Crippen LogP contribution in [0.15, 0.2) is 24.3 Å². The van der Waals surface area contributed by atoms with Gasteiger partial charge in [-0.05, 0) is 11.1 Å². The van der Waals surface area contributed by atoms with Crippen LogP contribution < -0.4 is 22.9 Å². The SMILES string of the molecule is NCCN.NCc1cccc(CN)c1. The molecule has 8 N–H and O–H groups in total. The van der Waals surface area contributed by atoms with Crippen LogP contribution in [0.1, 0.15) is 11.1 Å². The molecule has 4 nitrogen and oxygen atoms in total. The molecule has 0 aliphatic rings. The van der Waals surface area contributed by atoms with Crippen molar-refractivity contribution in [3.63, 3.8) is 0 Å². The molecule has 14 heavy (non-hydrogen) atoms. The van der Waals surface area contributed by atoms with Gasteiger partial charge < -0.3 is 22.9 Å². The maximum Gasteiger partial charge on any atom is 0.0178 e. The van der Waals surface area contributed by atoms with Crippen molar-refractivity contribution in [1.82, 2.24) is 0 Å². The van der Waals surface area contributed by atoms with Gasteiger partial charge in [-0.25, -0.2) is 0 Å². The van der Waals surface area contributed by atoms with Gasteiger partial charge in [-0.15, -0.1) is 0 Å². The Balaban J connectivity index is 0.000000364. The third-order valence-corrected chi connectivity index (χ3v) is 1.63. The van der Waals surface area contributed by atoms with E-state index in [4.69, 9.17) is 22.9 Å². The van der Waals surface area contributed by atoms with Gasteiger partial charge in [0, 0.05) is 26.2 Å². The molecular formula is C10H20N4. The highest BCUT2D eigenvalue weighted by Gasteiger charge is 1.89. The molecule has 0 bridgehead atoms. The summed E-state index contributed by atoms with van der Waals surface area (Å²) in [6.45, 7) is 2.38. The van der Waals surface area contributed by atoms with E-state index in [0.717, 1.165) is 11.1 Å². The molecule has 1 aromatic rings. The van der Waals surface area contributed by atoms with E-state index in [-0.39, 0.29) is 0 Å². The van der Waals surface area contributed by atoms with E-state index in [9.17, 15) is 0 Å². The van der Waals surface area contributed by atoms with Gasteiger partial charge in [0.05, 0.1) is 0 Å². The Morgan fingerprint density at radius 1 is 0.786 bits per heavy atom. The maximum atomic E-state index is 5.43. The normalized spacial score (nSPS) is 9.14. The molecule has 0 fully saturated rings. The topological polar surface area (TPSA) is 104 Å². The molecule has 0 spiro atoms. The van der Waals surface area contributed by atoms with Gasteiger partial charge in [0.1, 0.15) is 0 Å². The molecule has 0 amide bonds. The third kappa shape index (κ3) is 5.66. The Labute approximate surface area is 85.3 Å². The summed E-state index contributed by atoms with van der Waals surface area (Å²) in [6, 6.07) is 8.00. The molecule has 0 aliphatic carbocycles. The minimum absolute atomic E-state index is 0.591. The lowest BCUT2D eigenvalue weighted by molar-refractivity contribution is 0.976. The Bertz CT molecular complexity index is 216. The highest BCUT2D eigenvalue weighted by atomic mass is 14.6. The van der Waals surface area contributed by atoms with E-state index < -0.39 is 0 Å². The monoisotopic (exact) mass is 196 g/mol. The summed E-state index contributed by atoms with van der Waals surface area (Å²) in [6.07, 6.45) is 0. The molecule has 4 heteroatoms. The minimum Gasteiger partial charge on any atom is -0.329 e. The molecule has 0 heterocycles. The maximum absolute atomic E-state index is 5.43. The summed E-state index contributed by atoms with van der Waals surface area (Å²) < 4.78 is 0. The van der Waals surface area contributed by atoms with Crippen LogP contribution in [0.3, 0.4) is 0 Å². The van der Waals surface area contributed by atoms with Gasteiger partial charge in [0.25, 0.3) is 0 Å². The summed E-state index contributed by atoms with van der Waals surface area (Å²) in [5.74, 6) is 0.